The SMILES string of the molecule is CC(C)Oc1ccc(S(=O)(=O)N2CC[C@@H](c3cn(CC(=O)O)c4ccc(Cl)cc34)C2)cc1. The molecule has 1 aliphatic heterocycles. The first-order valence-corrected chi connectivity index (χ1v) is 12.2. The van der Waals surface area contributed by atoms with E-state index < -0.39 is 16.0 Å². The summed E-state index contributed by atoms with van der Waals surface area (Å²) in [4.78, 5) is 11.5. The lowest BCUT2D eigenvalue weighted by atomic mass is 9.98. The molecule has 0 amide bonds. The number of carboxylic acid groups (broad SMARTS) is 1. The molecule has 0 saturated carbocycles. The quantitative estimate of drug-likeness (QED) is 0.547. The second-order valence-electron chi connectivity index (χ2n) is 8.25. The van der Waals surface area contributed by atoms with Crippen molar-refractivity contribution in [1.82, 2.24) is 8.87 Å². The van der Waals surface area contributed by atoms with Crippen molar-refractivity contribution < 1.29 is 23.1 Å². The van der Waals surface area contributed by atoms with Crippen molar-refractivity contribution in [2.45, 2.75) is 43.7 Å². The van der Waals surface area contributed by atoms with Crippen LogP contribution in [-0.2, 0) is 21.4 Å². The Morgan fingerprint density at radius 1 is 1.22 bits per heavy atom. The molecule has 1 fully saturated rings. The van der Waals surface area contributed by atoms with E-state index in [1.165, 1.54) is 4.31 Å². The summed E-state index contributed by atoms with van der Waals surface area (Å²) in [5, 5.41) is 10.7. The van der Waals surface area contributed by atoms with E-state index in [1.807, 2.05) is 26.1 Å². The molecular weight excluding hydrogens is 452 g/mol. The van der Waals surface area contributed by atoms with Crippen molar-refractivity contribution in [3.63, 3.8) is 0 Å². The number of fused-ring (bicyclic) bond motifs is 1. The lowest BCUT2D eigenvalue weighted by molar-refractivity contribution is -0.137. The highest BCUT2D eigenvalue weighted by Crippen LogP contribution is 2.37. The molecule has 0 bridgehead atoms. The number of carbonyl (C=O) groups is 1. The van der Waals surface area contributed by atoms with Crippen LogP contribution >= 0.6 is 11.6 Å². The highest BCUT2D eigenvalue weighted by atomic mass is 35.5. The van der Waals surface area contributed by atoms with Crippen molar-refractivity contribution in [1.29, 1.82) is 0 Å². The third-order valence-corrected chi connectivity index (χ3v) is 7.72. The predicted molar refractivity (Wildman–Crippen MR) is 123 cm³/mol. The first-order valence-electron chi connectivity index (χ1n) is 10.4. The van der Waals surface area contributed by atoms with E-state index in [9.17, 15) is 18.3 Å². The number of ether oxygens (including phenoxy) is 1. The van der Waals surface area contributed by atoms with E-state index >= 15 is 0 Å². The van der Waals surface area contributed by atoms with E-state index in [0.717, 1.165) is 16.5 Å². The normalized spacial score (nSPS) is 17.3. The fourth-order valence-corrected chi connectivity index (χ4v) is 5.88. The average molecular weight is 477 g/mol. The highest BCUT2D eigenvalue weighted by molar-refractivity contribution is 7.89. The number of rotatable bonds is 7. The Hall–Kier alpha value is -2.55. The van der Waals surface area contributed by atoms with Crippen molar-refractivity contribution in [3.8, 4) is 5.75 Å². The molecule has 0 spiro atoms. The van der Waals surface area contributed by atoms with Crippen LogP contribution in [0.1, 0.15) is 31.7 Å². The second-order valence-corrected chi connectivity index (χ2v) is 10.6. The Labute approximate surface area is 192 Å². The zero-order valence-corrected chi connectivity index (χ0v) is 19.4. The zero-order valence-electron chi connectivity index (χ0n) is 17.9. The lowest BCUT2D eigenvalue weighted by Gasteiger charge is -2.17. The summed E-state index contributed by atoms with van der Waals surface area (Å²) in [6.07, 6.45) is 2.47. The molecule has 0 unspecified atom stereocenters. The molecule has 170 valence electrons. The van der Waals surface area contributed by atoms with Gasteiger partial charge >= 0.3 is 5.97 Å². The van der Waals surface area contributed by atoms with Crippen molar-refractivity contribution >= 4 is 38.5 Å². The smallest absolute Gasteiger partial charge is 0.323 e. The van der Waals surface area contributed by atoms with E-state index in [2.05, 4.69) is 0 Å². The predicted octanol–water partition coefficient (Wildman–Crippen LogP) is 4.34. The molecule has 1 aromatic heterocycles. The first-order chi connectivity index (χ1) is 15.1. The fourth-order valence-electron chi connectivity index (χ4n) is 4.21. The van der Waals surface area contributed by atoms with Gasteiger partial charge in [-0.3, -0.25) is 4.79 Å². The van der Waals surface area contributed by atoms with Gasteiger partial charge in [-0.05, 0) is 68.3 Å². The number of halogens is 1. The molecule has 0 radical (unpaired) electrons. The van der Waals surface area contributed by atoms with Gasteiger partial charge in [0.05, 0.1) is 11.0 Å². The zero-order chi connectivity index (χ0) is 23.0. The van der Waals surface area contributed by atoms with Gasteiger partial charge in [-0.15, -0.1) is 0 Å². The summed E-state index contributed by atoms with van der Waals surface area (Å²) >= 11 is 6.20. The van der Waals surface area contributed by atoms with Gasteiger partial charge in [0.1, 0.15) is 12.3 Å². The van der Waals surface area contributed by atoms with Crippen LogP contribution < -0.4 is 4.74 Å². The molecule has 32 heavy (non-hydrogen) atoms. The van der Waals surface area contributed by atoms with Gasteiger partial charge in [-0.2, -0.15) is 4.31 Å². The van der Waals surface area contributed by atoms with Crippen molar-refractivity contribution in [3.05, 3.63) is 59.2 Å². The first kappa shape index (κ1) is 22.6. The summed E-state index contributed by atoms with van der Waals surface area (Å²) in [6.45, 7) is 4.37. The van der Waals surface area contributed by atoms with E-state index in [4.69, 9.17) is 16.3 Å². The van der Waals surface area contributed by atoms with Crippen LogP contribution in [0.3, 0.4) is 0 Å². The Bertz CT molecular complexity index is 1250. The maximum atomic E-state index is 13.2. The third-order valence-electron chi connectivity index (χ3n) is 5.60. The monoisotopic (exact) mass is 476 g/mol. The molecule has 1 aliphatic rings. The molecule has 1 atom stereocenters. The van der Waals surface area contributed by atoms with Crippen LogP contribution in [-0.4, -0.2) is 47.6 Å². The summed E-state index contributed by atoms with van der Waals surface area (Å²) in [5.41, 5.74) is 1.69. The van der Waals surface area contributed by atoms with Gasteiger partial charge in [-0.1, -0.05) is 11.6 Å². The average Bonchev–Trinajstić information content (AvgIpc) is 3.33. The molecule has 4 rings (SSSR count). The minimum atomic E-state index is -3.65. The van der Waals surface area contributed by atoms with Crippen LogP contribution in [0.4, 0.5) is 0 Å². The van der Waals surface area contributed by atoms with Gasteiger partial charge in [0.2, 0.25) is 10.0 Å². The van der Waals surface area contributed by atoms with Crippen molar-refractivity contribution in [2.75, 3.05) is 13.1 Å². The topological polar surface area (TPSA) is 88.8 Å². The maximum absolute atomic E-state index is 13.2. The Kier molecular flexibility index (Phi) is 6.20. The summed E-state index contributed by atoms with van der Waals surface area (Å²) in [5.74, 6) is -0.366. The van der Waals surface area contributed by atoms with Crippen LogP contribution in [0.15, 0.2) is 53.6 Å². The molecule has 0 aliphatic carbocycles. The summed E-state index contributed by atoms with van der Waals surface area (Å²) < 4.78 is 35.1. The number of hydrogen-bond donors (Lipinski definition) is 1. The number of nitrogens with zero attached hydrogens (tertiary/aromatic N) is 2. The van der Waals surface area contributed by atoms with Gasteiger partial charge < -0.3 is 14.4 Å². The molecular formula is C23H25ClN2O5S. The molecule has 1 N–H and O–H groups in total. The van der Waals surface area contributed by atoms with Gasteiger partial charge in [0.25, 0.3) is 0 Å². The molecule has 3 aromatic rings. The molecule has 2 aromatic carbocycles. The lowest BCUT2D eigenvalue weighted by Crippen LogP contribution is -2.28. The second kappa shape index (κ2) is 8.77. The molecule has 7 nitrogen and oxygen atoms in total. The van der Waals surface area contributed by atoms with Crippen molar-refractivity contribution in [2.24, 2.45) is 0 Å². The van der Waals surface area contributed by atoms with Crippen LogP contribution in [0.5, 0.6) is 5.75 Å². The van der Waals surface area contributed by atoms with Gasteiger partial charge in [0.15, 0.2) is 0 Å². The Morgan fingerprint density at radius 3 is 2.59 bits per heavy atom. The standard InChI is InChI=1S/C23H25ClN2O5S/c1-15(2)31-18-4-6-19(7-5-18)32(29,30)26-10-9-16(12-26)21-13-25(14-23(27)28)22-8-3-17(24)11-20(21)22/h3-8,11,13,15-16H,9-10,12,14H2,1-2H3,(H,27,28)/t16-/m1/s1. The maximum Gasteiger partial charge on any atom is 0.323 e. The number of sulfonamides is 1. The largest absolute Gasteiger partial charge is 0.491 e. The number of benzene rings is 2. The molecule has 2 heterocycles. The number of hydrogen-bond acceptors (Lipinski definition) is 4. The third kappa shape index (κ3) is 4.48. The van der Waals surface area contributed by atoms with E-state index in [-0.39, 0.29) is 23.5 Å². The Balaban J connectivity index is 1.60. The van der Waals surface area contributed by atoms with Crippen LogP contribution in [0.2, 0.25) is 5.02 Å². The molecule has 1 saturated heterocycles. The Morgan fingerprint density at radius 2 is 1.94 bits per heavy atom. The van der Waals surface area contributed by atoms with E-state index in [1.54, 1.807) is 41.0 Å². The van der Waals surface area contributed by atoms with Crippen LogP contribution in [0.25, 0.3) is 10.9 Å². The number of aromatic nitrogens is 1. The van der Waals surface area contributed by atoms with Crippen LogP contribution in [0, 0.1) is 0 Å². The number of aliphatic carboxylic acids is 1. The minimum Gasteiger partial charge on any atom is -0.491 e. The minimum absolute atomic E-state index is 0.00792. The summed E-state index contributed by atoms with van der Waals surface area (Å²) in [7, 11) is -3.65. The highest BCUT2D eigenvalue weighted by Gasteiger charge is 2.34. The van der Waals surface area contributed by atoms with Gasteiger partial charge in [0, 0.05) is 41.1 Å². The molecule has 9 heteroatoms. The summed E-state index contributed by atoms with van der Waals surface area (Å²) in [6, 6.07) is 11.8. The fraction of sp³-hybridized carbons (Fsp3) is 0.348. The van der Waals surface area contributed by atoms with E-state index in [0.29, 0.717) is 30.3 Å². The van der Waals surface area contributed by atoms with Gasteiger partial charge in [-0.25, -0.2) is 8.42 Å². The number of carboxylic acids is 1.